The van der Waals surface area contributed by atoms with Gasteiger partial charge in [0.05, 0.1) is 6.42 Å². The fourth-order valence-electron chi connectivity index (χ4n) is 2.75. The van der Waals surface area contributed by atoms with Crippen LogP contribution in [0.25, 0.3) is 0 Å². The topological polar surface area (TPSA) is 62.0 Å². The molecule has 0 saturated carbocycles. The quantitative estimate of drug-likeness (QED) is 0.897. The standard InChI is InChI=1S/C17H18N2O2/c20-16(19-10-12-5-2-1-3-6-12)9-13-11-18-15-8-4-7-14(15)17(13)21/h1-3,5-6,11H,4,7-10H2,(H,18,21)(H,19,20). The summed E-state index contributed by atoms with van der Waals surface area (Å²) in [6, 6.07) is 9.74. The first-order valence-corrected chi connectivity index (χ1v) is 7.27. The Labute approximate surface area is 123 Å². The number of nitrogens with one attached hydrogen (secondary N) is 2. The van der Waals surface area contributed by atoms with Crippen molar-refractivity contribution in [1.82, 2.24) is 10.3 Å². The van der Waals surface area contributed by atoms with Gasteiger partial charge in [0.15, 0.2) is 5.43 Å². The molecule has 4 heteroatoms. The second-order valence-electron chi connectivity index (χ2n) is 5.39. The van der Waals surface area contributed by atoms with Crippen LogP contribution in [0.4, 0.5) is 0 Å². The number of hydrogen-bond acceptors (Lipinski definition) is 2. The van der Waals surface area contributed by atoms with E-state index in [9.17, 15) is 9.59 Å². The Hall–Kier alpha value is -2.36. The van der Waals surface area contributed by atoms with E-state index in [1.54, 1.807) is 6.20 Å². The number of rotatable bonds is 4. The van der Waals surface area contributed by atoms with E-state index in [2.05, 4.69) is 10.3 Å². The molecule has 1 aromatic heterocycles. The van der Waals surface area contributed by atoms with Crippen LogP contribution in [0.3, 0.4) is 0 Å². The number of carbonyl (C=O) groups excluding carboxylic acids is 1. The highest BCUT2D eigenvalue weighted by Crippen LogP contribution is 2.16. The molecule has 0 unspecified atom stereocenters. The monoisotopic (exact) mass is 282 g/mol. The smallest absolute Gasteiger partial charge is 0.224 e. The summed E-state index contributed by atoms with van der Waals surface area (Å²) in [6.45, 7) is 0.489. The number of amides is 1. The zero-order valence-electron chi connectivity index (χ0n) is 11.8. The lowest BCUT2D eigenvalue weighted by Crippen LogP contribution is -2.27. The number of hydrogen-bond donors (Lipinski definition) is 2. The van der Waals surface area contributed by atoms with Crippen LogP contribution in [0, 0.1) is 0 Å². The third-order valence-corrected chi connectivity index (χ3v) is 3.89. The molecule has 0 atom stereocenters. The molecule has 2 N–H and O–H groups in total. The van der Waals surface area contributed by atoms with Gasteiger partial charge in [0.25, 0.3) is 0 Å². The predicted octanol–water partition coefficient (Wildman–Crippen LogP) is 1.72. The van der Waals surface area contributed by atoms with Gasteiger partial charge in [-0.25, -0.2) is 0 Å². The molecule has 1 heterocycles. The van der Waals surface area contributed by atoms with E-state index in [-0.39, 0.29) is 17.8 Å². The van der Waals surface area contributed by atoms with Crippen molar-refractivity contribution >= 4 is 5.91 Å². The highest BCUT2D eigenvalue weighted by Gasteiger charge is 2.17. The van der Waals surface area contributed by atoms with Gasteiger partial charge in [-0.05, 0) is 24.8 Å². The minimum absolute atomic E-state index is 0.0381. The van der Waals surface area contributed by atoms with Crippen LogP contribution in [-0.4, -0.2) is 10.9 Å². The fraction of sp³-hybridized carbons (Fsp3) is 0.294. The van der Waals surface area contributed by atoms with Crippen LogP contribution in [0.2, 0.25) is 0 Å². The second kappa shape index (κ2) is 5.95. The molecule has 3 rings (SSSR count). The summed E-state index contributed by atoms with van der Waals surface area (Å²) in [4.78, 5) is 27.4. The Bertz CT molecular complexity index is 704. The van der Waals surface area contributed by atoms with Crippen LogP contribution >= 0.6 is 0 Å². The van der Waals surface area contributed by atoms with Crippen molar-refractivity contribution in [2.75, 3.05) is 0 Å². The van der Waals surface area contributed by atoms with Crippen molar-refractivity contribution < 1.29 is 4.79 Å². The average molecular weight is 282 g/mol. The molecule has 1 amide bonds. The van der Waals surface area contributed by atoms with Crippen molar-refractivity contribution in [3.8, 4) is 0 Å². The molecule has 108 valence electrons. The molecule has 0 fully saturated rings. The van der Waals surface area contributed by atoms with Gasteiger partial charge in [-0.1, -0.05) is 30.3 Å². The highest BCUT2D eigenvalue weighted by molar-refractivity contribution is 5.78. The summed E-state index contributed by atoms with van der Waals surface area (Å²) in [7, 11) is 0. The number of pyridine rings is 1. The molecule has 1 aliphatic carbocycles. The van der Waals surface area contributed by atoms with Gasteiger partial charge in [0.2, 0.25) is 5.91 Å². The van der Waals surface area contributed by atoms with Crippen LogP contribution in [0.5, 0.6) is 0 Å². The first kappa shape index (κ1) is 13.6. The largest absolute Gasteiger partial charge is 0.364 e. The highest BCUT2D eigenvalue weighted by atomic mass is 16.1. The number of aromatic amines is 1. The van der Waals surface area contributed by atoms with Gasteiger partial charge in [-0.3, -0.25) is 9.59 Å². The Balaban J connectivity index is 1.64. The zero-order chi connectivity index (χ0) is 14.7. The third-order valence-electron chi connectivity index (χ3n) is 3.89. The van der Waals surface area contributed by atoms with Gasteiger partial charge in [0, 0.05) is 29.6 Å². The summed E-state index contributed by atoms with van der Waals surface area (Å²) in [6.07, 6.45) is 4.60. The molecule has 0 bridgehead atoms. The zero-order valence-corrected chi connectivity index (χ0v) is 11.8. The lowest BCUT2D eigenvalue weighted by Gasteiger charge is -2.06. The molecule has 0 radical (unpaired) electrons. The van der Waals surface area contributed by atoms with E-state index in [1.165, 1.54) is 0 Å². The molecule has 21 heavy (non-hydrogen) atoms. The first-order valence-electron chi connectivity index (χ1n) is 7.27. The number of fused-ring (bicyclic) bond motifs is 1. The van der Waals surface area contributed by atoms with Crippen LogP contribution in [0.15, 0.2) is 41.3 Å². The van der Waals surface area contributed by atoms with Crippen LogP contribution < -0.4 is 10.7 Å². The van der Waals surface area contributed by atoms with E-state index < -0.39 is 0 Å². The van der Waals surface area contributed by atoms with Crippen molar-refractivity contribution in [2.24, 2.45) is 0 Å². The molecule has 1 aliphatic rings. The number of aromatic nitrogens is 1. The summed E-state index contributed by atoms with van der Waals surface area (Å²) in [5.74, 6) is -0.123. The normalized spacial score (nSPS) is 13.0. The number of H-pyrrole nitrogens is 1. The summed E-state index contributed by atoms with van der Waals surface area (Å²) in [5, 5.41) is 2.85. The lowest BCUT2D eigenvalue weighted by atomic mass is 10.1. The van der Waals surface area contributed by atoms with Crippen molar-refractivity contribution in [3.63, 3.8) is 0 Å². The molecular weight excluding hydrogens is 264 g/mol. The SMILES string of the molecule is O=C(Cc1c[nH]c2c(c1=O)CCC2)NCc1ccccc1. The molecular formula is C17H18N2O2. The van der Waals surface area contributed by atoms with Crippen molar-refractivity contribution in [1.29, 1.82) is 0 Å². The molecule has 1 aromatic carbocycles. The number of carbonyl (C=O) groups is 1. The Morgan fingerprint density at radius 1 is 1.19 bits per heavy atom. The maximum absolute atomic E-state index is 12.3. The Kier molecular flexibility index (Phi) is 3.86. The lowest BCUT2D eigenvalue weighted by molar-refractivity contribution is -0.120. The summed E-state index contributed by atoms with van der Waals surface area (Å²) >= 11 is 0. The third kappa shape index (κ3) is 3.05. The van der Waals surface area contributed by atoms with Gasteiger partial charge in [-0.15, -0.1) is 0 Å². The van der Waals surface area contributed by atoms with Gasteiger partial charge >= 0.3 is 0 Å². The molecule has 4 nitrogen and oxygen atoms in total. The second-order valence-corrected chi connectivity index (χ2v) is 5.39. The minimum atomic E-state index is -0.123. The number of aryl methyl sites for hydroxylation is 1. The van der Waals surface area contributed by atoms with Crippen molar-refractivity contribution in [3.05, 3.63) is 69.1 Å². The molecule has 0 spiro atoms. The molecule has 0 saturated heterocycles. The molecule has 0 aliphatic heterocycles. The molecule has 2 aromatic rings. The Morgan fingerprint density at radius 3 is 2.81 bits per heavy atom. The summed E-state index contributed by atoms with van der Waals surface area (Å²) < 4.78 is 0. The number of benzene rings is 1. The minimum Gasteiger partial charge on any atom is -0.364 e. The maximum Gasteiger partial charge on any atom is 0.224 e. The van der Waals surface area contributed by atoms with Crippen LogP contribution in [0.1, 0.15) is 28.8 Å². The van der Waals surface area contributed by atoms with E-state index in [1.807, 2.05) is 30.3 Å². The summed E-state index contributed by atoms with van der Waals surface area (Å²) in [5.41, 5.74) is 3.54. The van der Waals surface area contributed by atoms with E-state index >= 15 is 0 Å². The predicted molar refractivity (Wildman–Crippen MR) is 81.1 cm³/mol. The maximum atomic E-state index is 12.3. The van der Waals surface area contributed by atoms with E-state index in [0.29, 0.717) is 12.1 Å². The average Bonchev–Trinajstić information content (AvgIpc) is 2.98. The fourth-order valence-corrected chi connectivity index (χ4v) is 2.75. The first-order chi connectivity index (χ1) is 10.2. The Morgan fingerprint density at radius 2 is 2.00 bits per heavy atom. The van der Waals surface area contributed by atoms with E-state index in [0.717, 1.165) is 36.1 Å². The van der Waals surface area contributed by atoms with Crippen molar-refractivity contribution in [2.45, 2.75) is 32.2 Å². The van der Waals surface area contributed by atoms with E-state index in [4.69, 9.17) is 0 Å². The van der Waals surface area contributed by atoms with Gasteiger partial charge in [-0.2, -0.15) is 0 Å². The van der Waals surface area contributed by atoms with Gasteiger partial charge < -0.3 is 10.3 Å². The van der Waals surface area contributed by atoms with Gasteiger partial charge in [0.1, 0.15) is 0 Å². The van der Waals surface area contributed by atoms with Crippen LogP contribution in [-0.2, 0) is 30.6 Å².